The van der Waals surface area contributed by atoms with Crippen LogP contribution in [0.15, 0.2) is 24.3 Å². The fraction of sp³-hybridized carbons (Fsp3) is 0.474. The highest BCUT2D eigenvalue weighted by Crippen LogP contribution is 2.34. The first kappa shape index (κ1) is 18.8. The lowest BCUT2D eigenvalue weighted by Crippen LogP contribution is -2.40. The Balaban J connectivity index is 1.78. The van der Waals surface area contributed by atoms with Crippen LogP contribution in [0.2, 0.25) is 0 Å². The van der Waals surface area contributed by atoms with Crippen molar-refractivity contribution in [1.29, 1.82) is 5.41 Å². The second-order valence-corrected chi connectivity index (χ2v) is 6.66. The Labute approximate surface area is 147 Å². The zero-order valence-corrected chi connectivity index (χ0v) is 14.5. The topological polar surface area (TPSA) is 99.1 Å². The first-order chi connectivity index (χ1) is 12.0. The number of benzene rings is 1. The van der Waals surface area contributed by atoms with Gasteiger partial charge in [0.15, 0.2) is 5.78 Å². The third-order valence-corrected chi connectivity index (χ3v) is 4.56. The number of ketones is 1. The minimum absolute atomic E-state index is 0.0191. The number of nitrogens with one attached hydrogen (secondary N) is 3. The first-order valence-corrected chi connectivity index (χ1v) is 8.67. The van der Waals surface area contributed by atoms with Gasteiger partial charge in [0, 0.05) is 31.3 Å². The van der Waals surface area contributed by atoms with Crippen LogP contribution in [-0.4, -0.2) is 30.4 Å². The molecule has 0 heterocycles. The van der Waals surface area contributed by atoms with Crippen molar-refractivity contribution >= 4 is 23.8 Å². The predicted octanol–water partition coefficient (Wildman–Crippen LogP) is 2.08. The molecule has 0 bridgehead atoms. The maximum atomic E-state index is 12.0. The van der Waals surface area contributed by atoms with Gasteiger partial charge in [0.05, 0.1) is 0 Å². The van der Waals surface area contributed by atoms with Gasteiger partial charge >= 0.3 is 11.8 Å². The Morgan fingerprint density at radius 1 is 1.16 bits per heavy atom. The van der Waals surface area contributed by atoms with Crippen LogP contribution in [0.4, 0.5) is 0 Å². The smallest absolute Gasteiger partial charge is 0.309 e. The van der Waals surface area contributed by atoms with Crippen LogP contribution >= 0.6 is 0 Å². The molecule has 0 unspecified atom stereocenters. The van der Waals surface area contributed by atoms with Crippen LogP contribution in [-0.2, 0) is 16.1 Å². The molecule has 25 heavy (non-hydrogen) atoms. The Morgan fingerprint density at radius 3 is 2.52 bits per heavy atom. The molecule has 1 aromatic carbocycles. The van der Waals surface area contributed by atoms with Gasteiger partial charge in [0.1, 0.15) is 0 Å². The zero-order chi connectivity index (χ0) is 18.2. The van der Waals surface area contributed by atoms with Gasteiger partial charge in [0.25, 0.3) is 0 Å². The second kappa shape index (κ2) is 9.11. The summed E-state index contributed by atoms with van der Waals surface area (Å²) in [4.78, 5) is 35.7. The van der Waals surface area contributed by atoms with Crippen LogP contribution in [0.1, 0.15) is 48.5 Å². The molecule has 6 heteroatoms. The van der Waals surface area contributed by atoms with Crippen molar-refractivity contribution in [2.75, 3.05) is 6.54 Å². The largest absolute Gasteiger partial charge is 0.348 e. The summed E-state index contributed by atoms with van der Waals surface area (Å²) in [7, 11) is 0. The Hall–Kier alpha value is -2.50. The van der Waals surface area contributed by atoms with E-state index in [1.54, 1.807) is 24.3 Å². The molecule has 0 spiro atoms. The normalized spacial score (nSPS) is 18.8. The van der Waals surface area contributed by atoms with Gasteiger partial charge in [-0.05, 0) is 36.7 Å². The van der Waals surface area contributed by atoms with E-state index >= 15 is 0 Å². The molecule has 0 aromatic heterocycles. The summed E-state index contributed by atoms with van der Waals surface area (Å²) in [6, 6.07) is 6.89. The summed E-state index contributed by atoms with van der Waals surface area (Å²) >= 11 is 0. The minimum Gasteiger partial charge on any atom is -0.348 e. The van der Waals surface area contributed by atoms with E-state index in [9.17, 15) is 14.4 Å². The highest BCUT2D eigenvalue weighted by Gasteiger charge is 2.25. The molecule has 2 rings (SSSR count). The summed E-state index contributed by atoms with van der Waals surface area (Å²) in [6.07, 6.45) is 4.37. The summed E-state index contributed by atoms with van der Waals surface area (Å²) in [5.74, 6) is -0.0875. The van der Waals surface area contributed by atoms with Crippen LogP contribution in [0, 0.1) is 17.2 Å². The lowest BCUT2D eigenvalue weighted by molar-refractivity contribution is -0.139. The summed E-state index contributed by atoms with van der Waals surface area (Å²) in [5, 5.41) is 12.2. The quantitative estimate of drug-likeness (QED) is 0.383. The fourth-order valence-electron chi connectivity index (χ4n) is 3.18. The summed E-state index contributed by atoms with van der Waals surface area (Å²) in [5.41, 5.74) is 1.10. The molecule has 1 aromatic rings. The van der Waals surface area contributed by atoms with Gasteiger partial charge in [-0.25, -0.2) is 0 Å². The van der Waals surface area contributed by atoms with Crippen molar-refractivity contribution in [1.82, 2.24) is 10.6 Å². The molecular formula is C19H25N3O3. The van der Waals surface area contributed by atoms with E-state index in [2.05, 4.69) is 17.6 Å². The summed E-state index contributed by atoms with van der Waals surface area (Å²) in [6.45, 7) is 2.83. The van der Waals surface area contributed by atoms with Crippen molar-refractivity contribution in [2.45, 2.75) is 39.2 Å². The molecule has 0 radical (unpaired) electrons. The molecule has 3 N–H and O–H groups in total. The predicted molar refractivity (Wildman–Crippen MR) is 95.5 cm³/mol. The van der Waals surface area contributed by atoms with E-state index in [-0.39, 0.29) is 18.7 Å². The SMILES string of the molecule is CC1CC(CCNC(=O)C(=O)NCc2ccccc2C(=O)CC=N)C1. The maximum absolute atomic E-state index is 12.0. The molecule has 1 fully saturated rings. The van der Waals surface area contributed by atoms with E-state index in [4.69, 9.17) is 5.41 Å². The molecule has 1 aliphatic carbocycles. The Morgan fingerprint density at radius 2 is 1.84 bits per heavy atom. The van der Waals surface area contributed by atoms with E-state index in [1.807, 2.05) is 0 Å². The van der Waals surface area contributed by atoms with E-state index in [1.165, 1.54) is 12.8 Å². The molecule has 1 saturated carbocycles. The van der Waals surface area contributed by atoms with Crippen molar-refractivity contribution in [3.8, 4) is 0 Å². The van der Waals surface area contributed by atoms with Gasteiger partial charge < -0.3 is 16.0 Å². The van der Waals surface area contributed by atoms with Gasteiger partial charge in [-0.15, -0.1) is 0 Å². The van der Waals surface area contributed by atoms with Crippen LogP contribution in [0.5, 0.6) is 0 Å². The number of amides is 2. The minimum atomic E-state index is -0.698. The zero-order valence-electron chi connectivity index (χ0n) is 14.5. The standard InChI is InChI=1S/C19H25N3O3/c1-13-10-14(11-13)7-9-21-18(24)19(25)22-12-15-4-2-3-5-16(15)17(23)6-8-20/h2-5,8,13-14,20H,6-7,9-12H2,1H3,(H,21,24)(H,22,25). The number of hydrogen-bond donors (Lipinski definition) is 3. The van der Waals surface area contributed by atoms with Gasteiger partial charge in [-0.3, -0.25) is 14.4 Å². The molecule has 0 aliphatic heterocycles. The average Bonchev–Trinajstić information content (AvgIpc) is 2.58. The number of carbonyl (C=O) groups excluding carboxylic acids is 3. The molecule has 1 aliphatic rings. The number of Topliss-reactive ketones (excluding diaryl/α,β-unsaturated/α-hetero) is 1. The molecule has 2 amide bonds. The summed E-state index contributed by atoms with van der Waals surface area (Å²) < 4.78 is 0. The molecule has 6 nitrogen and oxygen atoms in total. The van der Waals surface area contributed by atoms with Gasteiger partial charge in [-0.1, -0.05) is 31.2 Å². The van der Waals surface area contributed by atoms with Crippen LogP contribution in [0.25, 0.3) is 0 Å². The Bertz CT molecular complexity index is 651. The Kier molecular flexibility index (Phi) is 6.86. The highest BCUT2D eigenvalue weighted by molar-refractivity contribution is 6.35. The molecule has 0 saturated heterocycles. The van der Waals surface area contributed by atoms with E-state index < -0.39 is 11.8 Å². The lowest BCUT2D eigenvalue weighted by Gasteiger charge is -2.32. The fourth-order valence-corrected chi connectivity index (χ4v) is 3.18. The third kappa shape index (κ3) is 5.52. The lowest BCUT2D eigenvalue weighted by atomic mass is 9.74. The van der Waals surface area contributed by atoms with Crippen molar-refractivity contribution in [2.24, 2.45) is 11.8 Å². The van der Waals surface area contributed by atoms with Gasteiger partial charge in [-0.2, -0.15) is 0 Å². The van der Waals surface area contributed by atoms with E-state index in [0.29, 0.717) is 23.6 Å². The first-order valence-electron chi connectivity index (χ1n) is 8.67. The van der Waals surface area contributed by atoms with Crippen molar-refractivity contribution in [3.63, 3.8) is 0 Å². The van der Waals surface area contributed by atoms with E-state index in [0.717, 1.165) is 18.6 Å². The number of rotatable bonds is 8. The second-order valence-electron chi connectivity index (χ2n) is 6.66. The van der Waals surface area contributed by atoms with Crippen molar-refractivity contribution in [3.05, 3.63) is 35.4 Å². The monoisotopic (exact) mass is 343 g/mol. The van der Waals surface area contributed by atoms with Crippen LogP contribution in [0.3, 0.4) is 0 Å². The highest BCUT2D eigenvalue weighted by atomic mass is 16.2. The average molecular weight is 343 g/mol. The van der Waals surface area contributed by atoms with Gasteiger partial charge in [0.2, 0.25) is 0 Å². The third-order valence-electron chi connectivity index (χ3n) is 4.56. The number of carbonyl (C=O) groups is 3. The molecule has 0 atom stereocenters. The molecular weight excluding hydrogens is 318 g/mol. The maximum Gasteiger partial charge on any atom is 0.309 e. The molecule has 134 valence electrons. The van der Waals surface area contributed by atoms with Crippen LogP contribution < -0.4 is 10.6 Å². The number of hydrogen-bond acceptors (Lipinski definition) is 4. The van der Waals surface area contributed by atoms with Crippen molar-refractivity contribution < 1.29 is 14.4 Å².